The van der Waals surface area contributed by atoms with Gasteiger partial charge in [-0.25, -0.2) is 4.79 Å². The van der Waals surface area contributed by atoms with Crippen molar-refractivity contribution in [2.45, 2.75) is 12.5 Å². The van der Waals surface area contributed by atoms with Crippen molar-refractivity contribution in [2.75, 3.05) is 13.1 Å². The first-order chi connectivity index (χ1) is 9.65. The van der Waals surface area contributed by atoms with Gasteiger partial charge < -0.3 is 20.2 Å². The monoisotopic (exact) mass is 314 g/mol. The minimum atomic E-state index is -0.841. The molecule has 0 aliphatic carbocycles. The highest BCUT2D eigenvalue weighted by atomic mass is 35.5. The second kappa shape index (κ2) is 7.33. The Hall–Kier alpha value is -1.50. The van der Waals surface area contributed by atoms with Crippen LogP contribution in [0.15, 0.2) is 34.9 Å². The van der Waals surface area contributed by atoms with E-state index in [4.69, 9.17) is 16.0 Å². The van der Waals surface area contributed by atoms with Crippen LogP contribution in [0, 0.1) is 0 Å². The molecule has 0 aliphatic heterocycles. The Labute approximate surface area is 125 Å². The molecule has 2 rings (SSSR count). The molecule has 0 saturated heterocycles. The van der Waals surface area contributed by atoms with Gasteiger partial charge in [0.2, 0.25) is 0 Å². The lowest BCUT2D eigenvalue weighted by atomic mass is 10.3. The Morgan fingerprint density at radius 1 is 1.40 bits per heavy atom. The molecule has 0 aromatic carbocycles. The molecular formula is C13H15ClN2O3S. The van der Waals surface area contributed by atoms with E-state index in [0.717, 1.165) is 15.6 Å². The molecule has 108 valence electrons. The molecule has 2 amide bonds. The van der Waals surface area contributed by atoms with E-state index in [9.17, 15) is 9.90 Å². The third-order valence-electron chi connectivity index (χ3n) is 2.61. The molecule has 3 N–H and O–H groups in total. The summed E-state index contributed by atoms with van der Waals surface area (Å²) in [5.74, 6) is 0.429. The van der Waals surface area contributed by atoms with Gasteiger partial charge in [0.1, 0.15) is 11.9 Å². The summed E-state index contributed by atoms with van der Waals surface area (Å²) in [5.41, 5.74) is 0. The molecule has 0 bridgehead atoms. The molecule has 2 heterocycles. The molecule has 2 aromatic heterocycles. The van der Waals surface area contributed by atoms with E-state index in [1.165, 1.54) is 17.6 Å². The SMILES string of the molecule is O=C(NCCc1ccc(Cl)s1)NCC(O)c1ccco1. The molecule has 0 aliphatic rings. The van der Waals surface area contributed by atoms with Crippen molar-refractivity contribution in [2.24, 2.45) is 0 Å². The van der Waals surface area contributed by atoms with Crippen LogP contribution in [0.2, 0.25) is 4.34 Å². The fourth-order valence-corrected chi connectivity index (χ4v) is 2.71. The maximum atomic E-state index is 11.5. The Balaban J connectivity index is 1.63. The van der Waals surface area contributed by atoms with Crippen LogP contribution in [0.25, 0.3) is 0 Å². The zero-order valence-electron chi connectivity index (χ0n) is 10.6. The quantitative estimate of drug-likeness (QED) is 0.767. The summed E-state index contributed by atoms with van der Waals surface area (Å²) in [5, 5.41) is 15.0. The van der Waals surface area contributed by atoms with E-state index in [1.54, 1.807) is 12.1 Å². The Kier molecular flexibility index (Phi) is 5.46. The molecule has 1 atom stereocenters. The number of rotatable bonds is 6. The van der Waals surface area contributed by atoms with Crippen LogP contribution in [0.4, 0.5) is 4.79 Å². The number of hydrogen-bond donors (Lipinski definition) is 3. The molecule has 20 heavy (non-hydrogen) atoms. The van der Waals surface area contributed by atoms with Gasteiger partial charge in [-0.1, -0.05) is 11.6 Å². The third kappa shape index (κ3) is 4.56. The minimum absolute atomic E-state index is 0.101. The molecule has 7 heteroatoms. The topological polar surface area (TPSA) is 74.5 Å². The lowest BCUT2D eigenvalue weighted by Gasteiger charge is -2.10. The van der Waals surface area contributed by atoms with E-state index in [-0.39, 0.29) is 12.6 Å². The molecule has 0 radical (unpaired) electrons. The maximum absolute atomic E-state index is 11.5. The summed E-state index contributed by atoms with van der Waals surface area (Å²) in [6.07, 6.45) is 1.36. The van der Waals surface area contributed by atoms with Gasteiger partial charge in [-0.15, -0.1) is 11.3 Å². The number of amides is 2. The summed E-state index contributed by atoms with van der Waals surface area (Å²) in [6.45, 7) is 0.615. The van der Waals surface area contributed by atoms with Crippen molar-refractivity contribution in [1.29, 1.82) is 0 Å². The smallest absolute Gasteiger partial charge is 0.314 e. The van der Waals surface area contributed by atoms with E-state index in [2.05, 4.69) is 10.6 Å². The number of hydrogen-bond acceptors (Lipinski definition) is 4. The second-order valence-electron chi connectivity index (χ2n) is 4.12. The second-order valence-corrected chi connectivity index (χ2v) is 5.92. The normalized spacial score (nSPS) is 12.1. The highest BCUT2D eigenvalue weighted by Crippen LogP contribution is 2.21. The van der Waals surface area contributed by atoms with Crippen molar-refractivity contribution in [3.05, 3.63) is 45.5 Å². The van der Waals surface area contributed by atoms with E-state index < -0.39 is 6.10 Å². The zero-order chi connectivity index (χ0) is 14.4. The first-order valence-corrected chi connectivity index (χ1v) is 7.32. The molecule has 0 saturated carbocycles. The predicted octanol–water partition coefficient (Wildman–Crippen LogP) is 2.57. The van der Waals surface area contributed by atoms with Crippen LogP contribution in [0.3, 0.4) is 0 Å². The molecule has 5 nitrogen and oxygen atoms in total. The summed E-state index contributed by atoms with van der Waals surface area (Å²) in [7, 11) is 0. The first kappa shape index (κ1) is 14.9. The van der Waals surface area contributed by atoms with Gasteiger partial charge in [-0.3, -0.25) is 0 Å². The van der Waals surface area contributed by atoms with Crippen LogP contribution >= 0.6 is 22.9 Å². The summed E-state index contributed by atoms with van der Waals surface area (Å²) in [6, 6.07) is 6.79. The van der Waals surface area contributed by atoms with Crippen LogP contribution in [0.5, 0.6) is 0 Å². The van der Waals surface area contributed by atoms with E-state index in [0.29, 0.717) is 12.3 Å². The lowest BCUT2D eigenvalue weighted by Crippen LogP contribution is -2.38. The van der Waals surface area contributed by atoms with Gasteiger partial charge in [-0.2, -0.15) is 0 Å². The average Bonchev–Trinajstić information content (AvgIpc) is 3.07. The summed E-state index contributed by atoms with van der Waals surface area (Å²) < 4.78 is 5.78. The van der Waals surface area contributed by atoms with Gasteiger partial charge >= 0.3 is 6.03 Å². The molecule has 1 unspecified atom stereocenters. The van der Waals surface area contributed by atoms with Gasteiger partial charge in [0, 0.05) is 11.4 Å². The molecular weight excluding hydrogens is 300 g/mol. The van der Waals surface area contributed by atoms with Crippen LogP contribution in [-0.2, 0) is 6.42 Å². The number of furan rings is 1. The number of carbonyl (C=O) groups is 1. The first-order valence-electron chi connectivity index (χ1n) is 6.12. The minimum Gasteiger partial charge on any atom is -0.467 e. The third-order valence-corrected chi connectivity index (χ3v) is 3.90. The molecule has 0 fully saturated rings. The van der Waals surface area contributed by atoms with E-state index in [1.807, 2.05) is 12.1 Å². The number of carbonyl (C=O) groups excluding carboxylic acids is 1. The number of urea groups is 1. The largest absolute Gasteiger partial charge is 0.467 e. The Morgan fingerprint density at radius 2 is 2.25 bits per heavy atom. The number of halogens is 1. The number of aliphatic hydroxyl groups excluding tert-OH is 1. The van der Waals surface area contributed by atoms with Crippen LogP contribution in [-0.4, -0.2) is 24.2 Å². The highest BCUT2D eigenvalue weighted by molar-refractivity contribution is 7.16. The fraction of sp³-hybridized carbons (Fsp3) is 0.308. The molecule has 0 spiro atoms. The van der Waals surface area contributed by atoms with Crippen molar-refractivity contribution in [1.82, 2.24) is 10.6 Å². The van der Waals surface area contributed by atoms with Crippen LogP contribution in [0.1, 0.15) is 16.7 Å². The zero-order valence-corrected chi connectivity index (χ0v) is 12.2. The summed E-state index contributed by atoms with van der Waals surface area (Å²) in [4.78, 5) is 12.6. The lowest BCUT2D eigenvalue weighted by molar-refractivity contribution is 0.148. The van der Waals surface area contributed by atoms with Crippen molar-refractivity contribution >= 4 is 29.0 Å². The number of aliphatic hydroxyl groups is 1. The van der Waals surface area contributed by atoms with Gasteiger partial charge in [0.05, 0.1) is 17.1 Å². The molecule has 2 aromatic rings. The maximum Gasteiger partial charge on any atom is 0.314 e. The average molecular weight is 315 g/mol. The standard InChI is InChI=1S/C13H15ClN2O3S/c14-12-4-3-9(20-12)5-6-15-13(18)16-8-10(17)11-2-1-7-19-11/h1-4,7,10,17H,5-6,8H2,(H2,15,16,18). The summed E-state index contributed by atoms with van der Waals surface area (Å²) >= 11 is 7.31. The van der Waals surface area contributed by atoms with Crippen molar-refractivity contribution in [3.8, 4) is 0 Å². The van der Waals surface area contributed by atoms with Gasteiger partial charge in [-0.05, 0) is 30.7 Å². The predicted molar refractivity (Wildman–Crippen MR) is 78.1 cm³/mol. The number of thiophene rings is 1. The highest BCUT2D eigenvalue weighted by Gasteiger charge is 2.11. The van der Waals surface area contributed by atoms with Crippen molar-refractivity contribution < 1.29 is 14.3 Å². The number of nitrogens with one attached hydrogen (secondary N) is 2. The van der Waals surface area contributed by atoms with Crippen LogP contribution < -0.4 is 10.6 Å². The van der Waals surface area contributed by atoms with Gasteiger partial charge in [0.15, 0.2) is 0 Å². The van der Waals surface area contributed by atoms with Gasteiger partial charge in [0.25, 0.3) is 0 Å². The van der Waals surface area contributed by atoms with Crippen molar-refractivity contribution in [3.63, 3.8) is 0 Å². The fourth-order valence-electron chi connectivity index (χ4n) is 1.62. The van der Waals surface area contributed by atoms with E-state index >= 15 is 0 Å². The Morgan fingerprint density at radius 3 is 2.90 bits per heavy atom. The Bertz CT molecular complexity index is 542.